The third kappa shape index (κ3) is 4.82. The number of fused-ring (bicyclic) bond motifs is 2. The van der Waals surface area contributed by atoms with E-state index in [0.717, 1.165) is 62.3 Å². The number of aromatic hydroxyl groups is 1. The lowest BCUT2D eigenvalue weighted by molar-refractivity contribution is -0.274. The SMILES string of the molecule is Oc1cc(OC(F)(F)F)ccc1-c1nnc(N[C@@H]2CCCN(C3CC(F)(F)C3)C2)c2c1C1CCC2CC1. The zero-order valence-corrected chi connectivity index (χ0v) is 20.2. The second kappa shape index (κ2) is 8.96. The molecule has 7 rings (SSSR count). The van der Waals surface area contributed by atoms with Gasteiger partial charge >= 0.3 is 6.36 Å². The van der Waals surface area contributed by atoms with Gasteiger partial charge in [0.2, 0.25) is 0 Å². The maximum atomic E-state index is 13.4. The van der Waals surface area contributed by atoms with E-state index >= 15 is 0 Å². The molecule has 37 heavy (non-hydrogen) atoms. The largest absolute Gasteiger partial charge is 0.573 e. The minimum Gasteiger partial charge on any atom is -0.507 e. The van der Waals surface area contributed by atoms with Crippen LogP contribution < -0.4 is 10.1 Å². The number of rotatable bonds is 5. The van der Waals surface area contributed by atoms with Gasteiger partial charge in [0.05, 0.1) is 0 Å². The molecule has 2 heterocycles. The van der Waals surface area contributed by atoms with Gasteiger partial charge in [-0.05, 0) is 74.6 Å². The number of nitrogens with one attached hydrogen (secondary N) is 1. The number of hydrogen-bond donors (Lipinski definition) is 2. The lowest BCUT2D eigenvalue weighted by atomic mass is 9.66. The first kappa shape index (κ1) is 24.6. The summed E-state index contributed by atoms with van der Waals surface area (Å²) in [6.45, 7) is 1.49. The van der Waals surface area contributed by atoms with Gasteiger partial charge in [0.1, 0.15) is 17.2 Å². The smallest absolute Gasteiger partial charge is 0.507 e. The molecule has 2 N–H and O–H groups in total. The summed E-state index contributed by atoms with van der Waals surface area (Å²) in [7, 11) is 0. The molecule has 2 bridgehead atoms. The first-order chi connectivity index (χ1) is 17.6. The van der Waals surface area contributed by atoms with Crippen molar-refractivity contribution in [1.29, 1.82) is 0 Å². The predicted octanol–water partition coefficient (Wildman–Crippen LogP) is 6.18. The third-order valence-electron chi connectivity index (χ3n) is 8.43. The molecular weight excluding hydrogens is 495 g/mol. The Labute approximate surface area is 211 Å². The first-order valence-corrected chi connectivity index (χ1v) is 12.9. The number of piperidine rings is 1. The molecule has 1 saturated heterocycles. The van der Waals surface area contributed by atoms with Gasteiger partial charge in [0.25, 0.3) is 5.92 Å². The Balaban J connectivity index is 1.29. The van der Waals surface area contributed by atoms with Gasteiger partial charge in [-0.25, -0.2) is 8.78 Å². The Hall–Kier alpha value is -2.69. The number of alkyl halides is 5. The Morgan fingerprint density at radius 3 is 2.35 bits per heavy atom. The number of phenolic OH excluding ortho intramolecular Hbond substituents is 1. The lowest BCUT2D eigenvalue weighted by Crippen LogP contribution is -2.55. The molecule has 1 atom stereocenters. The second-order valence-electron chi connectivity index (χ2n) is 10.9. The van der Waals surface area contributed by atoms with E-state index in [-0.39, 0.29) is 42.5 Å². The minimum atomic E-state index is -4.85. The number of halogens is 5. The topological polar surface area (TPSA) is 70.5 Å². The molecule has 200 valence electrons. The van der Waals surface area contributed by atoms with Gasteiger partial charge in [-0.1, -0.05) is 0 Å². The van der Waals surface area contributed by atoms with Crippen LogP contribution in [0.4, 0.5) is 27.8 Å². The number of ether oxygens (including phenoxy) is 1. The van der Waals surface area contributed by atoms with Crippen LogP contribution in [0.15, 0.2) is 18.2 Å². The number of benzene rings is 1. The summed E-state index contributed by atoms with van der Waals surface area (Å²) < 4.78 is 68.6. The van der Waals surface area contributed by atoms with Crippen LogP contribution in [-0.2, 0) is 0 Å². The Kier molecular flexibility index (Phi) is 5.96. The van der Waals surface area contributed by atoms with Crippen LogP contribution in [0.1, 0.15) is 74.3 Å². The summed E-state index contributed by atoms with van der Waals surface area (Å²) in [5.74, 6) is -2.17. The van der Waals surface area contributed by atoms with E-state index in [9.17, 15) is 27.1 Å². The predicted molar refractivity (Wildman–Crippen MR) is 126 cm³/mol. The number of nitrogens with zero attached hydrogens (tertiary/aromatic N) is 3. The normalized spacial score (nSPS) is 27.4. The van der Waals surface area contributed by atoms with Crippen molar-refractivity contribution in [3.63, 3.8) is 0 Å². The zero-order chi connectivity index (χ0) is 25.9. The summed E-state index contributed by atoms with van der Waals surface area (Å²) in [6.07, 6.45) is 0.831. The van der Waals surface area contributed by atoms with Crippen molar-refractivity contribution in [3.05, 3.63) is 29.3 Å². The summed E-state index contributed by atoms with van der Waals surface area (Å²) in [4.78, 5) is 2.15. The summed E-state index contributed by atoms with van der Waals surface area (Å²) in [5, 5.41) is 23.1. The molecule has 1 aliphatic heterocycles. The lowest BCUT2D eigenvalue weighted by Gasteiger charge is -2.46. The van der Waals surface area contributed by atoms with Crippen LogP contribution >= 0.6 is 0 Å². The summed E-state index contributed by atoms with van der Waals surface area (Å²) in [6, 6.07) is 3.50. The molecule has 5 aliphatic rings. The van der Waals surface area contributed by atoms with E-state index in [1.807, 2.05) is 0 Å². The van der Waals surface area contributed by atoms with Crippen molar-refractivity contribution < 1.29 is 31.8 Å². The number of anilines is 1. The maximum absolute atomic E-state index is 13.4. The Morgan fingerprint density at radius 2 is 1.70 bits per heavy atom. The second-order valence-corrected chi connectivity index (χ2v) is 10.9. The first-order valence-electron chi connectivity index (χ1n) is 12.9. The van der Waals surface area contributed by atoms with Crippen molar-refractivity contribution >= 4 is 5.82 Å². The van der Waals surface area contributed by atoms with Crippen molar-refractivity contribution in [2.75, 3.05) is 18.4 Å². The summed E-state index contributed by atoms with van der Waals surface area (Å²) >= 11 is 0. The molecule has 2 saturated carbocycles. The Morgan fingerprint density at radius 1 is 1.00 bits per heavy atom. The van der Waals surface area contributed by atoms with Gasteiger partial charge in [0.15, 0.2) is 5.82 Å². The Bertz CT molecular complexity index is 1170. The van der Waals surface area contributed by atoms with Crippen LogP contribution in [0, 0.1) is 0 Å². The quantitative estimate of drug-likeness (QED) is 0.456. The number of likely N-dealkylation sites (tertiary alicyclic amines) is 1. The van der Waals surface area contributed by atoms with Crippen molar-refractivity contribution in [2.24, 2.45) is 0 Å². The molecule has 6 nitrogen and oxygen atoms in total. The zero-order valence-electron chi connectivity index (χ0n) is 20.2. The fraction of sp³-hybridized carbons (Fsp3) is 0.615. The summed E-state index contributed by atoms with van der Waals surface area (Å²) in [5.41, 5.74) is 2.90. The van der Waals surface area contributed by atoms with E-state index in [0.29, 0.717) is 23.6 Å². The number of aromatic nitrogens is 2. The van der Waals surface area contributed by atoms with Gasteiger partial charge in [0, 0.05) is 48.7 Å². The molecule has 0 radical (unpaired) electrons. The van der Waals surface area contributed by atoms with Crippen molar-refractivity contribution in [2.45, 2.75) is 87.6 Å². The molecule has 1 aromatic heterocycles. The highest BCUT2D eigenvalue weighted by atomic mass is 19.4. The number of phenols is 1. The van der Waals surface area contributed by atoms with E-state index in [4.69, 9.17) is 0 Å². The van der Waals surface area contributed by atoms with Gasteiger partial charge in [-0.2, -0.15) is 0 Å². The maximum Gasteiger partial charge on any atom is 0.573 e. The van der Waals surface area contributed by atoms with Crippen LogP contribution in [0.3, 0.4) is 0 Å². The molecule has 0 unspecified atom stereocenters. The molecule has 0 spiro atoms. The fourth-order valence-electron chi connectivity index (χ4n) is 6.71. The van der Waals surface area contributed by atoms with Crippen LogP contribution in [0.25, 0.3) is 11.3 Å². The van der Waals surface area contributed by atoms with E-state index < -0.39 is 18.0 Å². The average molecular weight is 525 g/mol. The fourth-order valence-corrected chi connectivity index (χ4v) is 6.71. The van der Waals surface area contributed by atoms with Gasteiger partial charge < -0.3 is 15.2 Å². The van der Waals surface area contributed by atoms with Crippen molar-refractivity contribution in [1.82, 2.24) is 15.1 Å². The molecule has 2 aromatic rings. The van der Waals surface area contributed by atoms with Crippen LogP contribution in [0.5, 0.6) is 11.5 Å². The molecule has 1 aromatic carbocycles. The highest BCUT2D eigenvalue weighted by Crippen LogP contribution is 2.54. The van der Waals surface area contributed by atoms with E-state index in [2.05, 4.69) is 25.2 Å². The average Bonchev–Trinajstić information content (AvgIpc) is 2.83. The monoisotopic (exact) mass is 524 g/mol. The van der Waals surface area contributed by atoms with Crippen LogP contribution in [0.2, 0.25) is 0 Å². The third-order valence-corrected chi connectivity index (χ3v) is 8.43. The van der Waals surface area contributed by atoms with E-state index in [1.165, 1.54) is 12.1 Å². The molecule has 4 aliphatic carbocycles. The highest BCUT2D eigenvalue weighted by Gasteiger charge is 2.48. The minimum absolute atomic E-state index is 0.0693. The van der Waals surface area contributed by atoms with Gasteiger partial charge in [-0.3, -0.25) is 4.90 Å². The van der Waals surface area contributed by atoms with E-state index in [1.54, 1.807) is 0 Å². The molecular formula is C26H29F5N4O2. The van der Waals surface area contributed by atoms with Crippen molar-refractivity contribution in [3.8, 4) is 22.8 Å². The molecule has 11 heteroatoms. The standard InChI is InChI=1S/C26H29F5N4O2/c27-25(28)11-17(12-25)35-9-1-2-16(13-35)32-24-22-15-5-3-14(4-6-15)21(22)23(33-34-24)19-8-7-18(10-20(19)36)37-26(29,30)31/h7-8,10,14-17,36H,1-6,9,11-13H2,(H,32,34)/t14?,15?,16-/m1/s1. The molecule has 0 amide bonds. The van der Waals surface area contributed by atoms with Crippen LogP contribution in [-0.4, -0.2) is 57.7 Å². The number of hydrogen-bond acceptors (Lipinski definition) is 6. The molecule has 3 fully saturated rings. The highest BCUT2D eigenvalue weighted by molar-refractivity contribution is 5.75. The van der Waals surface area contributed by atoms with Gasteiger partial charge in [-0.15, -0.1) is 23.4 Å².